The van der Waals surface area contributed by atoms with E-state index in [1.54, 1.807) is 41.7 Å². The lowest BCUT2D eigenvalue weighted by atomic mass is 9.95. The molecule has 2 heterocycles. The molecule has 1 unspecified atom stereocenters. The van der Waals surface area contributed by atoms with E-state index in [1.165, 1.54) is 0 Å². The van der Waals surface area contributed by atoms with Crippen LogP contribution in [-0.4, -0.2) is 51.9 Å². The molecular formula is C33H34N4O4. The number of amides is 1. The number of rotatable bonds is 10. The Balaban J connectivity index is 1.42. The lowest BCUT2D eigenvalue weighted by molar-refractivity contribution is -0.139. The molecule has 3 aromatic carbocycles. The van der Waals surface area contributed by atoms with Crippen molar-refractivity contribution in [2.45, 2.75) is 32.5 Å². The van der Waals surface area contributed by atoms with Gasteiger partial charge in [-0.15, -0.1) is 0 Å². The number of Topliss-reactive ketones (excluding diaryl/α,β-unsaturated/α-hetero) is 1. The number of aromatic nitrogens is 2. The molecule has 41 heavy (non-hydrogen) atoms. The van der Waals surface area contributed by atoms with Gasteiger partial charge < -0.3 is 24.2 Å². The van der Waals surface area contributed by atoms with Crippen LogP contribution in [-0.2, 0) is 22.7 Å². The average Bonchev–Trinajstić information content (AvgIpc) is 3.58. The molecule has 1 aliphatic rings. The van der Waals surface area contributed by atoms with Gasteiger partial charge in [0.15, 0.2) is 0 Å². The van der Waals surface area contributed by atoms with Crippen molar-refractivity contribution in [3.8, 4) is 5.75 Å². The number of ether oxygens (including phenoxy) is 1. The van der Waals surface area contributed by atoms with Crippen LogP contribution in [0.3, 0.4) is 0 Å². The fraction of sp³-hybridized carbons (Fsp3) is 0.242. The summed E-state index contributed by atoms with van der Waals surface area (Å²) in [5.74, 6) is -0.866. The van der Waals surface area contributed by atoms with Crippen molar-refractivity contribution in [1.82, 2.24) is 14.5 Å². The van der Waals surface area contributed by atoms with Gasteiger partial charge in [-0.2, -0.15) is 0 Å². The number of hydrogen-bond donors (Lipinski definition) is 1. The summed E-state index contributed by atoms with van der Waals surface area (Å²) in [6.07, 6.45) is 5.92. The van der Waals surface area contributed by atoms with Crippen LogP contribution in [0, 0.1) is 6.92 Å². The normalized spacial score (nSPS) is 16.3. The number of hydrogen-bond acceptors (Lipinski definition) is 6. The molecule has 0 saturated carbocycles. The van der Waals surface area contributed by atoms with E-state index in [2.05, 4.69) is 11.1 Å². The van der Waals surface area contributed by atoms with Crippen LogP contribution in [0.4, 0.5) is 5.69 Å². The minimum atomic E-state index is -0.703. The number of aryl methyl sites for hydroxylation is 2. The molecule has 8 heteroatoms. The zero-order valence-electron chi connectivity index (χ0n) is 23.5. The van der Waals surface area contributed by atoms with E-state index in [9.17, 15) is 14.7 Å². The van der Waals surface area contributed by atoms with E-state index in [0.29, 0.717) is 37.4 Å². The van der Waals surface area contributed by atoms with Crippen LogP contribution in [0.1, 0.15) is 34.7 Å². The molecule has 0 bridgehead atoms. The Morgan fingerprint density at radius 2 is 1.76 bits per heavy atom. The van der Waals surface area contributed by atoms with Gasteiger partial charge in [-0.3, -0.25) is 9.59 Å². The second-order valence-electron chi connectivity index (χ2n) is 10.4. The predicted octanol–water partition coefficient (Wildman–Crippen LogP) is 5.35. The maximum Gasteiger partial charge on any atom is 0.295 e. The van der Waals surface area contributed by atoms with Crippen LogP contribution < -0.4 is 9.64 Å². The third-order valence-corrected chi connectivity index (χ3v) is 7.26. The number of imidazole rings is 1. The van der Waals surface area contributed by atoms with E-state index < -0.39 is 17.7 Å². The van der Waals surface area contributed by atoms with Gasteiger partial charge in [0, 0.05) is 50.8 Å². The smallest absolute Gasteiger partial charge is 0.295 e. The molecule has 210 valence electrons. The van der Waals surface area contributed by atoms with Gasteiger partial charge in [-0.05, 0) is 60.9 Å². The van der Waals surface area contributed by atoms with Gasteiger partial charge in [-0.25, -0.2) is 4.98 Å². The number of carbonyl (C=O) groups is 2. The van der Waals surface area contributed by atoms with Gasteiger partial charge >= 0.3 is 0 Å². The Labute approximate surface area is 240 Å². The van der Waals surface area contributed by atoms with E-state index >= 15 is 0 Å². The molecule has 5 rings (SSSR count). The highest BCUT2D eigenvalue weighted by Gasteiger charge is 2.45. The minimum Gasteiger partial charge on any atom is -0.507 e. The summed E-state index contributed by atoms with van der Waals surface area (Å²) in [6, 6.07) is 22.0. The van der Waals surface area contributed by atoms with Gasteiger partial charge in [0.05, 0.1) is 17.9 Å². The van der Waals surface area contributed by atoms with Crippen LogP contribution in [0.15, 0.2) is 97.1 Å². The maximum absolute atomic E-state index is 13.4. The van der Waals surface area contributed by atoms with E-state index in [-0.39, 0.29) is 11.3 Å². The minimum absolute atomic E-state index is 0.0867. The van der Waals surface area contributed by atoms with Crippen molar-refractivity contribution in [1.29, 1.82) is 0 Å². The van der Waals surface area contributed by atoms with Gasteiger partial charge in [-0.1, -0.05) is 42.0 Å². The Morgan fingerprint density at radius 1 is 1.00 bits per heavy atom. The molecule has 8 nitrogen and oxygen atoms in total. The van der Waals surface area contributed by atoms with Crippen molar-refractivity contribution in [2.75, 3.05) is 25.5 Å². The van der Waals surface area contributed by atoms with Gasteiger partial charge in [0.2, 0.25) is 0 Å². The molecule has 4 aromatic rings. The first kappa shape index (κ1) is 27.7. The van der Waals surface area contributed by atoms with Crippen LogP contribution in [0.5, 0.6) is 5.75 Å². The Morgan fingerprint density at radius 3 is 2.41 bits per heavy atom. The molecule has 0 aliphatic carbocycles. The molecule has 0 radical (unpaired) electrons. The molecule has 1 fully saturated rings. The summed E-state index contributed by atoms with van der Waals surface area (Å²) in [6.45, 7) is 3.46. The molecule has 1 aromatic heterocycles. The Hall–Kier alpha value is -4.85. The lowest BCUT2D eigenvalue weighted by Crippen LogP contribution is -2.31. The van der Waals surface area contributed by atoms with Crippen molar-refractivity contribution in [3.63, 3.8) is 0 Å². The van der Waals surface area contributed by atoms with Crippen molar-refractivity contribution in [2.24, 2.45) is 0 Å². The van der Waals surface area contributed by atoms with Crippen molar-refractivity contribution < 1.29 is 19.4 Å². The Bertz CT molecular complexity index is 1540. The second-order valence-corrected chi connectivity index (χ2v) is 10.4. The summed E-state index contributed by atoms with van der Waals surface area (Å²) in [5, 5.41) is 11.4. The first-order valence-corrected chi connectivity index (χ1v) is 13.6. The largest absolute Gasteiger partial charge is 0.507 e. The number of carbonyl (C=O) groups excluding carboxylic acids is 2. The molecular weight excluding hydrogens is 516 g/mol. The monoisotopic (exact) mass is 550 g/mol. The SMILES string of the molecule is Cc1cccc(COc2ccc(/C(O)=C3\C(=O)C(=O)N(CCCn4ccnc4)C3c3ccc(N(C)C)cc3)cc2)c1. The third-order valence-electron chi connectivity index (χ3n) is 7.26. The van der Waals surface area contributed by atoms with Crippen molar-refractivity contribution >= 4 is 23.1 Å². The highest BCUT2D eigenvalue weighted by atomic mass is 16.5. The van der Waals surface area contributed by atoms with E-state index in [4.69, 9.17) is 4.74 Å². The highest BCUT2D eigenvalue weighted by Crippen LogP contribution is 2.40. The molecule has 0 spiro atoms. The number of aliphatic hydroxyl groups is 1. The molecule has 1 atom stereocenters. The highest BCUT2D eigenvalue weighted by molar-refractivity contribution is 6.46. The summed E-state index contributed by atoms with van der Waals surface area (Å²) in [5.41, 5.74) is 4.51. The fourth-order valence-electron chi connectivity index (χ4n) is 5.09. The molecule has 1 N–H and O–H groups in total. The average molecular weight is 551 g/mol. The number of aliphatic hydroxyl groups excluding tert-OH is 1. The number of likely N-dealkylation sites (tertiary alicyclic amines) is 1. The van der Waals surface area contributed by atoms with Crippen molar-refractivity contribution in [3.05, 3.63) is 119 Å². The first-order chi connectivity index (χ1) is 19.8. The molecule has 1 amide bonds. The predicted molar refractivity (Wildman–Crippen MR) is 159 cm³/mol. The summed E-state index contributed by atoms with van der Waals surface area (Å²) < 4.78 is 7.85. The quantitative estimate of drug-likeness (QED) is 0.163. The number of benzene rings is 3. The van der Waals surface area contributed by atoms with Crippen LogP contribution in [0.2, 0.25) is 0 Å². The topological polar surface area (TPSA) is 87.9 Å². The zero-order valence-corrected chi connectivity index (χ0v) is 23.5. The van der Waals surface area contributed by atoms with E-state index in [0.717, 1.165) is 22.4 Å². The number of nitrogens with zero attached hydrogens (tertiary/aromatic N) is 4. The summed E-state index contributed by atoms with van der Waals surface area (Å²) in [7, 11) is 3.90. The summed E-state index contributed by atoms with van der Waals surface area (Å²) in [4.78, 5) is 34.3. The van der Waals surface area contributed by atoms with E-state index in [1.807, 2.05) is 79.1 Å². The lowest BCUT2D eigenvalue weighted by Gasteiger charge is -2.26. The molecule has 1 saturated heterocycles. The first-order valence-electron chi connectivity index (χ1n) is 13.6. The zero-order chi connectivity index (χ0) is 28.9. The second kappa shape index (κ2) is 12.1. The number of anilines is 1. The number of ketones is 1. The van der Waals surface area contributed by atoms with Crippen LogP contribution in [0.25, 0.3) is 5.76 Å². The molecule has 1 aliphatic heterocycles. The van der Waals surface area contributed by atoms with Gasteiger partial charge in [0.25, 0.3) is 11.7 Å². The Kier molecular flexibility index (Phi) is 8.19. The third kappa shape index (κ3) is 6.17. The fourth-order valence-corrected chi connectivity index (χ4v) is 5.09. The summed E-state index contributed by atoms with van der Waals surface area (Å²) >= 11 is 0. The van der Waals surface area contributed by atoms with Gasteiger partial charge in [0.1, 0.15) is 18.1 Å². The standard InChI is InChI=1S/C33H34N4O4/c1-23-6-4-7-24(20-23)21-41-28-14-10-26(11-15-28)31(38)29-30(25-8-12-27(13-9-25)35(2)3)37(33(40)32(29)39)18-5-17-36-19-16-34-22-36/h4,6-16,19-20,22,30,38H,5,17-18,21H2,1-3H3/b31-29+. The van der Waals surface area contributed by atoms with Crippen LogP contribution >= 0.6 is 0 Å². The maximum atomic E-state index is 13.4.